The number of hydrogen-bond donors (Lipinski definition) is 1. The van der Waals surface area contributed by atoms with E-state index in [0.29, 0.717) is 0 Å². The van der Waals surface area contributed by atoms with E-state index >= 15 is 0 Å². The molecule has 0 atom stereocenters. The van der Waals surface area contributed by atoms with Crippen LogP contribution in [0.25, 0.3) is 10.9 Å². The van der Waals surface area contributed by atoms with Gasteiger partial charge in [0.25, 0.3) is 0 Å². The lowest BCUT2D eigenvalue weighted by molar-refractivity contribution is 0.562. The zero-order valence-electron chi connectivity index (χ0n) is 11.1. The predicted molar refractivity (Wildman–Crippen MR) is 80.2 cm³/mol. The summed E-state index contributed by atoms with van der Waals surface area (Å²) in [6.07, 6.45) is 6.17. The number of hydrogen-bond acceptors (Lipinski definition) is 1. The molecule has 0 saturated heterocycles. The predicted octanol–water partition coefficient (Wildman–Crippen LogP) is 3.32. The third-order valence-corrected chi connectivity index (χ3v) is 4.95. The first-order valence-corrected chi connectivity index (χ1v) is 7.76. The maximum atomic E-state index is 6.53. The molecule has 2 heterocycles. The van der Waals surface area contributed by atoms with Crippen LogP contribution in [-0.2, 0) is 25.8 Å². The summed E-state index contributed by atoms with van der Waals surface area (Å²) in [6, 6.07) is 4.32. The van der Waals surface area contributed by atoms with Crippen LogP contribution in [0.2, 0.25) is 5.02 Å². The van der Waals surface area contributed by atoms with E-state index in [1.165, 1.54) is 47.7 Å². The summed E-state index contributed by atoms with van der Waals surface area (Å²) in [4.78, 5) is 0. The van der Waals surface area contributed by atoms with Crippen molar-refractivity contribution in [2.75, 3.05) is 13.1 Å². The molecule has 3 heteroatoms. The minimum absolute atomic E-state index is 0.948. The largest absolute Gasteiger partial charge is 0.343 e. The highest BCUT2D eigenvalue weighted by atomic mass is 35.5. The van der Waals surface area contributed by atoms with Gasteiger partial charge in [-0.3, -0.25) is 0 Å². The molecule has 0 saturated carbocycles. The van der Waals surface area contributed by atoms with Crippen molar-refractivity contribution in [2.24, 2.45) is 0 Å². The van der Waals surface area contributed by atoms with Crippen molar-refractivity contribution in [1.82, 2.24) is 9.88 Å². The molecule has 1 N–H and O–H groups in total. The van der Waals surface area contributed by atoms with Crippen LogP contribution >= 0.6 is 11.6 Å². The Hall–Kier alpha value is -0.990. The van der Waals surface area contributed by atoms with E-state index in [1.807, 2.05) is 0 Å². The second-order valence-electron chi connectivity index (χ2n) is 5.71. The van der Waals surface area contributed by atoms with Crippen molar-refractivity contribution in [3.05, 3.63) is 34.0 Å². The second kappa shape index (κ2) is 4.53. The van der Waals surface area contributed by atoms with Gasteiger partial charge in [-0.15, -0.1) is 0 Å². The minimum Gasteiger partial charge on any atom is -0.343 e. The van der Waals surface area contributed by atoms with Gasteiger partial charge in [0.05, 0.1) is 10.5 Å². The summed E-state index contributed by atoms with van der Waals surface area (Å²) < 4.78 is 2.55. The molecule has 2 aromatic rings. The summed E-state index contributed by atoms with van der Waals surface area (Å²) in [5.74, 6) is 0. The second-order valence-corrected chi connectivity index (χ2v) is 6.12. The van der Waals surface area contributed by atoms with Crippen LogP contribution in [0.15, 0.2) is 12.1 Å². The lowest BCUT2D eigenvalue weighted by atomic mass is 9.95. The quantitative estimate of drug-likeness (QED) is 0.780. The Morgan fingerprint density at radius 2 is 1.95 bits per heavy atom. The van der Waals surface area contributed by atoms with Crippen molar-refractivity contribution in [3.63, 3.8) is 0 Å². The smallest absolute Gasteiger partial charge is 0.0533 e. The molecule has 0 bridgehead atoms. The Morgan fingerprint density at radius 1 is 1.05 bits per heavy atom. The molecule has 4 rings (SSSR count). The normalized spacial score (nSPS) is 19.0. The lowest BCUT2D eigenvalue weighted by Gasteiger charge is -2.18. The van der Waals surface area contributed by atoms with Crippen LogP contribution in [0.3, 0.4) is 0 Å². The summed E-state index contributed by atoms with van der Waals surface area (Å²) in [5.41, 5.74) is 5.98. The number of benzene rings is 1. The highest BCUT2D eigenvalue weighted by molar-refractivity contribution is 6.36. The van der Waals surface area contributed by atoms with E-state index in [1.54, 1.807) is 5.69 Å². The van der Waals surface area contributed by atoms with Crippen LogP contribution in [0, 0.1) is 0 Å². The highest BCUT2D eigenvalue weighted by Gasteiger charge is 2.23. The van der Waals surface area contributed by atoms with Crippen LogP contribution in [0.4, 0.5) is 0 Å². The molecule has 2 aliphatic rings. The first kappa shape index (κ1) is 11.8. The number of nitrogens with zero attached hydrogens (tertiary/aromatic N) is 1. The van der Waals surface area contributed by atoms with E-state index in [0.717, 1.165) is 31.1 Å². The molecule has 1 aliphatic heterocycles. The zero-order chi connectivity index (χ0) is 12.8. The van der Waals surface area contributed by atoms with Gasteiger partial charge in [0.2, 0.25) is 0 Å². The number of fused-ring (bicyclic) bond motifs is 3. The molecule has 0 unspecified atom stereocenters. The highest BCUT2D eigenvalue weighted by Crippen LogP contribution is 2.38. The third-order valence-electron chi connectivity index (χ3n) is 4.63. The molecule has 0 fully saturated rings. The van der Waals surface area contributed by atoms with E-state index < -0.39 is 0 Å². The monoisotopic (exact) mass is 274 g/mol. The zero-order valence-corrected chi connectivity index (χ0v) is 11.9. The van der Waals surface area contributed by atoms with Gasteiger partial charge in [-0.1, -0.05) is 17.7 Å². The summed E-state index contributed by atoms with van der Waals surface area (Å²) >= 11 is 6.53. The van der Waals surface area contributed by atoms with E-state index in [-0.39, 0.29) is 0 Å². The molecule has 0 amide bonds. The Balaban J connectivity index is 2.10. The van der Waals surface area contributed by atoms with Gasteiger partial charge >= 0.3 is 0 Å². The van der Waals surface area contributed by atoms with Gasteiger partial charge in [0, 0.05) is 24.2 Å². The maximum Gasteiger partial charge on any atom is 0.0533 e. The third kappa shape index (κ3) is 1.73. The average molecular weight is 275 g/mol. The van der Waals surface area contributed by atoms with Crippen molar-refractivity contribution in [3.8, 4) is 0 Å². The van der Waals surface area contributed by atoms with Crippen molar-refractivity contribution in [1.29, 1.82) is 0 Å². The first-order valence-electron chi connectivity index (χ1n) is 7.38. The lowest BCUT2D eigenvalue weighted by Crippen LogP contribution is -2.25. The van der Waals surface area contributed by atoms with Gasteiger partial charge in [0.15, 0.2) is 0 Å². The van der Waals surface area contributed by atoms with E-state index in [9.17, 15) is 0 Å². The van der Waals surface area contributed by atoms with Gasteiger partial charge in [-0.05, 0) is 55.8 Å². The molecule has 2 nitrogen and oxygen atoms in total. The van der Waals surface area contributed by atoms with E-state index in [4.69, 9.17) is 11.6 Å². The van der Waals surface area contributed by atoms with Gasteiger partial charge in [0.1, 0.15) is 0 Å². The molecule has 0 radical (unpaired) electrons. The maximum absolute atomic E-state index is 6.53. The Morgan fingerprint density at radius 3 is 2.89 bits per heavy atom. The summed E-state index contributed by atoms with van der Waals surface area (Å²) in [7, 11) is 0. The SMILES string of the molecule is Clc1ccc2c3c1c1c(n3CCNCC2)CCCC1. The molecule has 1 aromatic carbocycles. The molecule has 19 heavy (non-hydrogen) atoms. The molecule has 0 spiro atoms. The standard InChI is InChI=1S/C16H19ClN2/c17-13-6-5-11-7-8-18-9-10-19-14-4-2-1-3-12(14)15(13)16(11)19/h5-6,18H,1-4,7-10H2. The van der Waals surface area contributed by atoms with Gasteiger partial charge < -0.3 is 9.88 Å². The summed E-state index contributed by atoms with van der Waals surface area (Å²) in [6.45, 7) is 3.23. The van der Waals surface area contributed by atoms with Crippen LogP contribution < -0.4 is 5.32 Å². The first-order chi connectivity index (χ1) is 9.36. The fraction of sp³-hybridized carbons (Fsp3) is 0.500. The number of nitrogens with one attached hydrogen (secondary N) is 1. The molecule has 100 valence electrons. The number of aryl methyl sites for hydroxylation is 1. The Kier molecular flexibility index (Phi) is 2.82. The number of aromatic nitrogens is 1. The average Bonchev–Trinajstić information content (AvgIpc) is 2.73. The minimum atomic E-state index is 0.948. The van der Waals surface area contributed by atoms with Crippen LogP contribution in [0.5, 0.6) is 0 Å². The number of halogens is 1. The van der Waals surface area contributed by atoms with Crippen molar-refractivity contribution < 1.29 is 0 Å². The fourth-order valence-corrected chi connectivity index (χ4v) is 4.05. The van der Waals surface area contributed by atoms with Gasteiger partial charge in [-0.2, -0.15) is 0 Å². The van der Waals surface area contributed by atoms with Crippen LogP contribution in [0.1, 0.15) is 29.7 Å². The Labute approximate surface area is 118 Å². The molecular weight excluding hydrogens is 256 g/mol. The molecular formula is C16H19ClN2. The van der Waals surface area contributed by atoms with Crippen molar-refractivity contribution >= 4 is 22.5 Å². The Bertz CT molecular complexity index is 642. The summed E-state index contributed by atoms with van der Waals surface area (Å²) in [5, 5.41) is 5.83. The van der Waals surface area contributed by atoms with Crippen LogP contribution in [-0.4, -0.2) is 17.7 Å². The fourth-order valence-electron chi connectivity index (χ4n) is 3.78. The van der Waals surface area contributed by atoms with Gasteiger partial charge in [-0.25, -0.2) is 0 Å². The number of rotatable bonds is 0. The van der Waals surface area contributed by atoms with E-state index in [2.05, 4.69) is 22.0 Å². The molecule has 1 aliphatic carbocycles. The van der Waals surface area contributed by atoms with Crippen molar-refractivity contribution in [2.45, 2.75) is 38.6 Å². The molecule has 1 aromatic heterocycles. The topological polar surface area (TPSA) is 17.0 Å².